The Bertz CT molecular complexity index is 1200. The van der Waals surface area contributed by atoms with Crippen LogP contribution in [0.3, 0.4) is 0 Å². The van der Waals surface area contributed by atoms with E-state index in [2.05, 4.69) is 33.8 Å². The Balaban J connectivity index is 1.58. The number of fused-ring (bicyclic) bond motifs is 1. The summed E-state index contributed by atoms with van der Waals surface area (Å²) in [4.78, 5) is 19.0. The second kappa shape index (κ2) is 7.98. The molecular weight excluding hydrogens is 428 g/mol. The van der Waals surface area contributed by atoms with E-state index in [4.69, 9.17) is 14.2 Å². The number of nitrogens with zero attached hydrogens (tertiary/aromatic N) is 3. The molecule has 0 saturated carbocycles. The number of hydrogen-bond donors (Lipinski definition) is 1. The molecule has 0 fully saturated rings. The summed E-state index contributed by atoms with van der Waals surface area (Å²) in [5.74, 6) is 2.44. The average Bonchev–Trinajstić information content (AvgIpc) is 3.44. The molecule has 2 aromatic heterocycles. The molecule has 32 heavy (non-hydrogen) atoms. The molecule has 8 nitrogen and oxygen atoms in total. The van der Waals surface area contributed by atoms with Crippen LogP contribution < -0.4 is 19.5 Å². The van der Waals surface area contributed by atoms with Gasteiger partial charge in [0.05, 0.1) is 21.3 Å². The quantitative estimate of drug-likeness (QED) is 0.624. The normalized spacial score (nSPS) is 19.8. The van der Waals surface area contributed by atoms with Gasteiger partial charge in [0, 0.05) is 22.6 Å². The molecule has 0 bridgehead atoms. The van der Waals surface area contributed by atoms with Gasteiger partial charge in [-0.2, -0.15) is 10.1 Å². The monoisotopic (exact) mass is 452 g/mol. The summed E-state index contributed by atoms with van der Waals surface area (Å²) in [7, 11) is 4.77. The van der Waals surface area contributed by atoms with Gasteiger partial charge in [0.25, 0.3) is 0 Å². The number of aromatic nitrogens is 3. The molecule has 9 heteroatoms. The molecule has 2 aliphatic rings. The van der Waals surface area contributed by atoms with Gasteiger partial charge in [-0.3, -0.25) is 4.79 Å². The highest BCUT2D eigenvalue weighted by Crippen LogP contribution is 2.47. The summed E-state index contributed by atoms with van der Waals surface area (Å²) in [6, 6.07) is 5.68. The van der Waals surface area contributed by atoms with Crippen LogP contribution in [0.15, 0.2) is 41.2 Å². The fourth-order valence-corrected chi connectivity index (χ4v) is 5.65. The number of ether oxygens (including phenoxy) is 3. The third-order valence-corrected chi connectivity index (χ3v) is 7.24. The van der Waals surface area contributed by atoms with Gasteiger partial charge in [-0.1, -0.05) is 0 Å². The van der Waals surface area contributed by atoms with Gasteiger partial charge in [0.1, 0.15) is 12.4 Å². The smallest absolute Gasteiger partial charge is 0.226 e. The van der Waals surface area contributed by atoms with Crippen molar-refractivity contribution in [2.75, 3.05) is 26.6 Å². The Labute approximate surface area is 189 Å². The predicted octanol–water partition coefficient (Wildman–Crippen LogP) is 4.09. The molecule has 1 aliphatic carbocycles. The number of anilines is 1. The zero-order valence-corrected chi connectivity index (χ0v) is 19.2. The van der Waals surface area contributed by atoms with E-state index in [0.717, 1.165) is 27.3 Å². The molecule has 2 atom stereocenters. The first kappa shape index (κ1) is 20.6. The fourth-order valence-electron chi connectivity index (χ4n) is 4.63. The highest BCUT2D eigenvalue weighted by Gasteiger charge is 2.40. The average molecular weight is 453 g/mol. The lowest BCUT2D eigenvalue weighted by Crippen LogP contribution is -2.33. The van der Waals surface area contributed by atoms with Crippen molar-refractivity contribution in [3.05, 3.63) is 57.2 Å². The number of methoxy groups -OCH3 is 3. The topological polar surface area (TPSA) is 87.5 Å². The molecule has 5 rings (SSSR count). The number of allylic oxidation sites excluding steroid dienone is 2. The van der Waals surface area contributed by atoms with Gasteiger partial charge >= 0.3 is 0 Å². The maximum Gasteiger partial charge on any atom is 0.226 e. The van der Waals surface area contributed by atoms with Gasteiger partial charge in [-0.25, -0.2) is 4.68 Å². The van der Waals surface area contributed by atoms with Gasteiger partial charge in [-0.05, 0) is 54.0 Å². The van der Waals surface area contributed by atoms with Crippen LogP contribution in [0.25, 0.3) is 0 Å². The number of thiophene rings is 1. The SMILES string of the molecule is COc1cc([C@@H]2CC(=O)C3=C(C2)Nc2ncnn2[C@H]3c2sccc2C)cc(OC)c1OC. The molecule has 166 valence electrons. The third-order valence-electron chi connectivity index (χ3n) is 6.17. The first-order valence-electron chi connectivity index (χ1n) is 10.3. The summed E-state index contributed by atoms with van der Waals surface area (Å²) in [5, 5.41) is 9.84. The molecular formula is C23H24N4O4S. The molecule has 1 aromatic carbocycles. The fraction of sp³-hybridized carbons (Fsp3) is 0.348. The Morgan fingerprint density at radius 2 is 1.88 bits per heavy atom. The van der Waals surface area contributed by atoms with Crippen molar-refractivity contribution in [2.45, 2.75) is 31.7 Å². The minimum Gasteiger partial charge on any atom is -0.493 e. The number of hydrogen-bond acceptors (Lipinski definition) is 8. The lowest BCUT2D eigenvalue weighted by atomic mass is 9.78. The van der Waals surface area contributed by atoms with Gasteiger partial charge in [-0.15, -0.1) is 11.3 Å². The van der Waals surface area contributed by atoms with E-state index in [1.165, 1.54) is 6.33 Å². The number of rotatable bonds is 5. The number of benzene rings is 1. The summed E-state index contributed by atoms with van der Waals surface area (Å²) in [6.07, 6.45) is 2.59. The number of carbonyl (C=O) groups excluding carboxylic acids is 1. The van der Waals surface area contributed by atoms with Crippen LogP contribution in [0.1, 0.15) is 40.8 Å². The second-order valence-electron chi connectivity index (χ2n) is 7.90. The van der Waals surface area contributed by atoms with E-state index in [9.17, 15) is 4.79 Å². The minimum absolute atomic E-state index is 0.0259. The van der Waals surface area contributed by atoms with E-state index >= 15 is 0 Å². The summed E-state index contributed by atoms with van der Waals surface area (Å²) < 4.78 is 18.3. The van der Waals surface area contributed by atoms with Crippen molar-refractivity contribution in [1.29, 1.82) is 0 Å². The number of aryl methyl sites for hydroxylation is 1. The molecule has 0 radical (unpaired) electrons. The molecule has 0 unspecified atom stereocenters. The molecule has 3 heterocycles. The van der Waals surface area contributed by atoms with E-state index in [1.54, 1.807) is 32.7 Å². The number of nitrogens with one attached hydrogen (secondary N) is 1. The van der Waals surface area contributed by atoms with Crippen LogP contribution in [-0.4, -0.2) is 41.9 Å². The number of carbonyl (C=O) groups is 1. The predicted molar refractivity (Wildman–Crippen MR) is 121 cm³/mol. The number of ketones is 1. The van der Waals surface area contributed by atoms with Crippen molar-refractivity contribution in [3.63, 3.8) is 0 Å². The van der Waals surface area contributed by atoms with E-state index < -0.39 is 0 Å². The zero-order valence-electron chi connectivity index (χ0n) is 18.3. The molecule has 0 spiro atoms. The third kappa shape index (κ3) is 3.15. The molecule has 1 aliphatic heterocycles. The Kier molecular flexibility index (Phi) is 5.13. The molecule has 1 N–H and O–H groups in total. The maximum absolute atomic E-state index is 13.6. The van der Waals surface area contributed by atoms with Gasteiger partial charge in [0.15, 0.2) is 17.3 Å². The van der Waals surface area contributed by atoms with Crippen molar-refractivity contribution in [2.24, 2.45) is 0 Å². The van der Waals surface area contributed by atoms with Crippen molar-refractivity contribution < 1.29 is 19.0 Å². The molecule has 3 aromatic rings. The van der Waals surface area contributed by atoms with Crippen molar-refractivity contribution in [3.8, 4) is 17.2 Å². The van der Waals surface area contributed by atoms with Crippen LogP contribution in [0.2, 0.25) is 0 Å². The molecule has 0 amide bonds. The summed E-state index contributed by atoms with van der Waals surface area (Å²) in [6.45, 7) is 2.07. The van der Waals surface area contributed by atoms with Crippen molar-refractivity contribution in [1.82, 2.24) is 14.8 Å². The van der Waals surface area contributed by atoms with Gasteiger partial charge in [0.2, 0.25) is 11.7 Å². The Morgan fingerprint density at radius 3 is 2.50 bits per heavy atom. The van der Waals surface area contributed by atoms with Crippen LogP contribution in [0.5, 0.6) is 17.2 Å². The van der Waals surface area contributed by atoms with E-state index in [0.29, 0.717) is 36.0 Å². The van der Waals surface area contributed by atoms with E-state index in [1.807, 2.05) is 16.8 Å². The van der Waals surface area contributed by atoms with Crippen molar-refractivity contribution >= 4 is 23.1 Å². The Morgan fingerprint density at radius 1 is 1.12 bits per heavy atom. The van der Waals surface area contributed by atoms with Crippen LogP contribution in [-0.2, 0) is 4.79 Å². The summed E-state index contributed by atoms with van der Waals surface area (Å²) in [5.41, 5.74) is 3.79. The summed E-state index contributed by atoms with van der Waals surface area (Å²) >= 11 is 1.64. The lowest BCUT2D eigenvalue weighted by molar-refractivity contribution is -0.116. The second-order valence-corrected chi connectivity index (χ2v) is 8.85. The largest absolute Gasteiger partial charge is 0.493 e. The molecule has 0 saturated heterocycles. The maximum atomic E-state index is 13.6. The standard InChI is InChI=1S/C23H24N4O4S/c1-12-5-6-32-22(12)20-19-15(26-23-24-11-25-27(20)23)7-13(8-16(19)28)14-9-17(29-2)21(31-4)18(10-14)30-3/h5-6,9-11,13,20H,7-8H2,1-4H3,(H,24,25,26)/t13-,20+/m0/s1. The highest BCUT2D eigenvalue weighted by molar-refractivity contribution is 7.10. The number of Topliss-reactive ketones (excluding diaryl/α,β-unsaturated/α-hetero) is 1. The zero-order chi connectivity index (χ0) is 22.4. The Hall–Kier alpha value is -3.33. The van der Waals surface area contributed by atoms with Crippen LogP contribution >= 0.6 is 11.3 Å². The first-order valence-corrected chi connectivity index (χ1v) is 11.2. The first-order chi connectivity index (χ1) is 15.5. The highest BCUT2D eigenvalue weighted by atomic mass is 32.1. The lowest BCUT2D eigenvalue weighted by Gasteiger charge is -2.35. The van der Waals surface area contributed by atoms with Crippen LogP contribution in [0, 0.1) is 6.92 Å². The van der Waals surface area contributed by atoms with E-state index in [-0.39, 0.29) is 17.7 Å². The van der Waals surface area contributed by atoms with Crippen LogP contribution in [0.4, 0.5) is 5.95 Å². The van der Waals surface area contributed by atoms with Gasteiger partial charge < -0.3 is 19.5 Å². The minimum atomic E-state index is -0.253.